The van der Waals surface area contributed by atoms with Crippen molar-refractivity contribution in [2.75, 3.05) is 6.54 Å². The number of nitrogens with one attached hydrogen (secondary N) is 6. The van der Waals surface area contributed by atoms with Crippen LogP contribution in [-0.4, -0.2) is 93.2 Å². The van der Waals surface area contributed by atoms with Crippen molar-refractivity contribution in [3.63, 3.8) is 0 Å². The van der Waals surface area contributed by atoms with Crippen molar-refractivity contribution in [1.29, 1.82) is 0 Å². The number of hydrogen-bond acceptors (Lipinski definition) is 7. The number of hydrogen-bond donors (Lipinski definition) is 7. The topological polar surface area (TPSA) is 202 Å². The molecule has 8 rings (SSSR count). The number of carbonyl (C=O) groups is 6. The van der Waals surface area contributed by atoms with Crippen LogP contribution in [0.15, 0.2) is 128 Å². The molecule has 0 unspecified atom stereocenters. The first-order chi connectivity index (χ1) is 31.9. The third-order valence-corrected chi connectivity index (χ3v) is 12.6. The number of fused-ring (bicyclic) bond motifs is 3. The number of benzene rings is 5. The zero-order chi connectivity index (χ0) is 46.3. The van der Waals surface area contributed by atoms with Gasteiger partial charge in [-0.3, -0.25) is 28.8 Å². The summed E-state index contributed by atoms with van der Waals surface area (Å²) in [5.41, 5.74) is 3.68. The number of aromatic hydroxyl groups is 1. The summed E-state index contributed by atoms with van der Waals surface area (Å²) in [5.74, 6) is -4.04. The van der Waals surface area contributed by atoms with Gasteiger partial charge in [0.25, 0.3) is 0 Å². The maximum Gasteiger partial charge on any atom is 0.246 e. The van der Waals surface area contributed by atoms with Gasteiger partial charge < -0.3 is 41.6 Å². The van der Waals surface area contributed by atoms with E-state index >= 15 is 0 Å². The van der Waals surface area contributed by atoms with E-state index in [1.165, 1.54) is 17.0 Å². The van der Waals surface area contributed by atoms with Crippen LogP contribution in [-0.2, 0) is 54.5 Å². The minimum absolute atomic E-state index is 0.0104. The van der Waals surface area contributed by atoms with Crippen LogP contribution in [0.2, 0.25) is 0 Å². The lowest BCUT2D eigenvalue weighted by atomic mass is 9.98. The molecule has 2 aliphatic heterocycles. The van der Waals surface area contributed by atoms with E-state index < -0.39 is 77.6 Å². The summed E-state index contributed by atoms with van der Waals surface area (Å²) >= 11 is 0. The average Bonchev–Trinajstić information content (AvgIpc) is 3.98. The van der Waals surface area contributed by atoms with Crippen molar-refractivity contribution in [3.8, 4) is 5.75 Å². The number of phenols is 1. The molecule has 5 aromatic carbocycles. The molecule has 3 heterocycles. The van der Waals surface area contributed by atoms with Gasteiger partial charge in [-0.25, -0.2) is 0 Å². The number of aromatic amines is 1. The molecule has 0 saturated carbocycles. The van der Waals surface area contributed by atoms with Crippen LogP contribution < -0.4 is 26.6 Å². The Labute approximate surface area is 382 Å². The SMILES string of the molecule is CC(C)[C@@H]1NC(=O)[C@H](Cc2ccc(O)cc2)NC(=O)[C@@H](Cc2c[nH]c3ccccc23)NC(=O)[C@H](Cc2ccc3ccccc3c2)NC(=O)[C@@H]2CCCN2C(=O)[C@H](Cc2ccccc2)NC1=O. The lowest BCUT2D eigenvalue weighted by Gasteiger charge is -2.32. The zero-order valence-electron chi connectivity index (χ0n) is 37.0. The highest BCUT2D eigenvalue weighted by molar-refractivity contribution is 5.99. The fourth-order valence-corrected chi connectivity index (χ4v) is 9.03. The number of para-hydroxylation sites is 1. The Bertz CT molecular complexity index is 2740. The number of rotatable bonds is 9. The molecule has 2 saturated heterocycles. The summed E-state index contributed by atoms with van der Waals surface area (Å²) in [5, 5.41) is 27.4. The monoisotopic (exact) mass is 889 g/mol. The fourth-order valence-electron chi connectivity index (χ4n) is 9.03. The molecule has 6 amide bonds. The highest BCUT2D eigenvalue weighted by atomic mass is 16.3. The van der Waals surface area contributed by atoms with Gasteiger partial charge in [-0.05, 0) is 70.0 Å². The Morgan fingerprint density at radius 3 is 1.85 bits per heavy atom. The van der Waals surface area contributed by atoms with Gasteiger partial charge in [0.1, 0.15) is 42.0 Å². The van der Waals surface area contributed by atoms with Gasteiger partial charge in [0.2, 0.25) is 35.4 Å². The molecule has 6 atom stereocenters. The molecule has 0 spiro atoms. The molecule has 2 fully saturated rings. The number of amides is 6. The normalized spacial score (nSPS) is 22.5. The number of aromatic nitrogens is 1. The Balaban J connectivity index is 1.20. The Morgan fingerprint density at radius 2 is 1.12 bits per heavy atom. The third kappa shape index (κ3) is 10.5. The molecule has 14 heteroatoms. The second-order valence-electron chi connectivity index (χ2n) is 17.7. The van der Waals surface area contributed by atoms with Crippen molar-refractivity contribution in [3.05, 3.63) is 150 Å². The van der Waals surface area contributed by atoms with E-state index in [0.29, 0.717) is 18.4 Å². The van der Waals surface area contributed by atoms with Crippen molar-refractivity contribution in [1.82, 2.24) is 36.5 Å². The minimum atomic E-state index is -1.27. The highest BCUT2D eigenvalue weighted by Gasteiger charge is 2.41. The van der Waals surface area contributed by atoms with Gasteiger partial charge in [-0.1, -0.05) is 117 Å². The summed E-state index contributed by atoms with van der Waals surface area (Å²) in [6, 6.07) is 29.6. The fraction of sp³-hybridized carbons (Fsp3) is 0.308. The molecule has 14 nitrogen and oxygen atoms in total. The van der Waals surface area contributed by atoms with Crippen LogP contribution in [0.4, 0.5) is 0 Å². The second kappa shape index (κ2) is 20.1. The number of carbonyl (C=O) groups excluding carboxylic acids is 6. The van der Waals surface area contributed by atoms with E-state index in [1.54, 1.807) is 32.2 Å². The first kappa shape index (κ1) is 45.1. The number of nitrogens with zero attached hydrogens (tertiary/aromatic N) is 1. The van der Waals surface area contributed by atoms with E-state index in [9.17, 15) is 33.9 Å². The molecular weight excluding hydrogens is 835 g/mol. The molecule has 66 heavy (non-hydrogen) atoms. The third-order valence-electron chi connectivity index (χ3n) is 12.6. The van der Waals surface area contributed by atoms with Gasteiger partial charge >= 0.3 is 0 Å². The Kier molecular flexibility index (Phi) is 13.8. The Morgan fingerprint density at radius 1 is 0.561 bits per heavy atom. The van der Waals surface area contributed by atoms with Crippen LogP contribution in [0, 0.1) is 5.92 Å². The van der Waals surface area contributed by atoms with Crippen molar-refractivity contribution < 1.29 is 33.9 Å². The van der Waals surface area contributed by atoms with E-state index in [2.05, 4.69) is 31.6 Å². The summed E-state index contributed by atoms with van der Waals surface area (Å²) in [7, 11) is 0. The Hall–Kier alpha value is -7.48. The van der Waals surface area contributed by atoms with E-state index in [-0.39, 0.29) is 38.0 Å². The van der Waals surface area contributed by atoms with Crippen LogP contribution in [0.3, 0.4) is 0 Å². The van der Waals surface area contributed by atoms with Crippen LogP contribution >= 0.6 is 0 Å². The molecule has 2 aliphatic rings. The van der Waals surface area contributed by atoms with E-state index in [0.717, 1.165) is 38.4 Å². The van der Waals surface area contributed by atoms with Crippen molar-refractivity contribution in [2.45, 2.75) is 88.6 Å². The standard InChI is InChI=1S/C52H55N7O7/c1-31(2)46-51(65)57-44(27-32-11-4-3-5-12-32)52(66)59-24-10-17-45(59)50(64)56-42(28-34-18-21-35-13-6-7-14-36(35)25-34)47(61)55-43(29-37-30-53-40-16-9-8-15-39(37)40)48(62)54-41(49(63)58-46)26-33-19-22-38(60)23-20-33/h3-9,11-16,18-23,25,30-31,41-46,53,60H,10,17,24,26-29H2,1-2H3,(H,54,62)(H,55,61)(H,56,64)(H,57,65)(H,58,63)/t41-,42-,43+,44-,45-,46-/m0/s1. The molecule has 340 valence electrons. The van der Waals surface area contributed by atoms with Gasteiger partial charge in [0.05, 0.1) is 0 Å². The summed E-state index contributed by atoms with van der Waals surface area (Å²) < 4.78 is 0. The highest BCUT2D eigenvalue weighted by Crippen LogP contribution is 2.24. The van der Waals surface area contributed by atoms with Gasteiger partial charge in [0, 0.05) is 49.3 Å². The quantitative estimate of drug-likeness (QED) is 0.112. The van der Waals surface area contributed by atoms with Gasteiger partial charge in [-0.2, -0.15) is 0 Å². The zero-order valence-corrected chi connectivity index (χ0v) is 37.0. The summed E-state index contributed by atoms with van der Waals surface area (Å²) in [4.78, 5) is 92.6. The van der Waals surface area contributed by atoms with Gasteiger partial charge in [0.15, 0.2) is 0 Å². The summed E-state index contributed by atoms with van der Waals surface area (Å²) in [6.07, 6.45) is 2.75. The minimum Gasteiger partial charge on any atom is -0.508 e. The first-order valence-electron chi connectivity index (χ1n) is 22.6. The second-order valence-corrected chi connectivity index (χ2v) is 17.7. The lowest BCUT2D eigenvalue weighted by molar-refractivity contribution is -0.143. The predicted molar refractivity (Wildman–Crippen MR) is 251 cm³/mol. The molecule has 6 aromatic rings. The molecule has 0 bridgehead atoms. The predicted octanol–water partition coefficient (Wildman–Crippen LogP) is 4.38. The van der Waals surface area contributed by atoms with Crippen LogP contribution in [0.1, 0.15) is 48.9 Å². The van der Waals surface area contributed by atoms with Crippen LogP contribution in [0.5, 0.6) is 5.75 Å². The average molecular weight is 890 g/mol. The summed E-state index contributed by atoms with van der Waals surface area (Å²) in [6.45, 7) is 3.77. The molecular formula is C52H55N7O7. The smallest absolute Gasteiger partial charge is 0.246 e. The molecule has 1 aromatic heterocycles. The maximum absolute atomic E-state index is 14.9. The van der Waals surface area contributed by atoms with E-state index in [4.69, 9.17) is 0 Å². The lowest BCUT2D eigenvalue weighted by Crippen LogP contribution is -2.62. The first-order valence-corrected chi connectivity index (χ1v) is 22.6. The van der Waals surface area contributed by atoms with Crippen molar-refractivity contribution >= 4 is 57.1 Å². The molecule has 0 aliphatic carbocycles. The molecule has 0 radical (unpaired) electrons. The van der Waals surface area contributed by atoms with E-state index in [1.807, 2.05) is 97.1 Å². The van der Waals surface area contributed by atoms with Crippen LogP contribution in [0.25, 0.3) is 21.7 Å². The van der Waals surface area contributed by atoms with Crippen molar-refractivity contribution in [2.24, 2.45) is 5.92 Å². The largest absolute Gasteiger partial charge is 0.508 e. The maximum atomic E-state index is 14.9. The van der Waals surface area contributed by atoms with Gasteiger partial charge in [-0.15, -0.1) is 0 Å². The molecule has 7 N–H and O–H groups in total. The number of phenolic OH excluding ortho intramolecular Hbond substituents is 1. The number of H-pyrrole nitrogens is 1.